The second-order valence-electron chi connectivity index (χ2n) is 6.29. The third kappa shape index (κ3) is 4.68. The number of nitrogens with zero attached hydrogens (tertiary/aromatic N) is 1. The lowest BCUT2D eigenvalue weighted by atomic mass is 10.1. The van der Waals surface area contributed by atoms with Crippen LogP contribution in [0.3, 0.4) is 0 Å². The summed E-state index contributed by atoms with van der Waals surface area (Å²) < 4.78 is 37.3. The van der Waals surface area contributed by atoms with Gasteiger partial charge < -0.3 is 9.47 Å². The van der Waals surface area contributed by atoms with Gasteiger partial charge in [0.1, 0.15) is 6.61 Å². The van der Waals surface area contributed by atoms with Crippen LogP contribution in [0.2, 0.25) is 0 Å². The molecule has 3 rings (SSSR count). The Morgan fingerprint density at radius 3 is 2.80 bits per heavy atom. The molecule has 6 nitrogen and oxygen atoms in total. The van der Waals surface area contributed by atoms with E-state index < -0.39 is 10.0 Å². The Balaban J connectivity index is 1.60. The van der Waals surface area contributed by atoms with Gasteiger partial charge in [0.2, 0.25) is 10.0 Å². The fourth-order valence-corrected chi connectivity index (χ4v) is 4.51. The highest BCUT2D eigenvalue weighted by Gasteiger charge is 2.26. The second kappa shape index (κ2) is 8.12. The summed E-state index contributed by atoms with van der Waals surface area (Å²) in [6.07, 6.45) is 6.51. The predicted octanol–water partition coefficient (Wildman–Crippen LogP) is 2.11. The summed E-state index contributed by atoms with van der Waals surface area (Å²) in [4.78, 5) is 12.1. The van der Waals surface area contributed by atoms with E-state index in [-0.39, 0.29) is 23.4 Å². The van der Waals surface area contributed by atoms with E-state index in [1.165, 1.54) is 4.31 Å². The number of benzene rings is 1. The Morgan fingerprint density at radius 1 is 1.28 bits per heavy atom. The lowest BCUT2D eigenvalue weighted by Crippen LogP contribution is -2.40. The van der Waals surface area contributed by atoms with E-state index in [2.05, 4.69) is 12.2 Å². The van der Waals surface area contributed by atoms with Gasteiger partial charge in [-0.3, -0.25) is 4.79 Å². The van der Waals surface area contributed by atoms with Gasteiger partial charge in [-0.2, -0.15) is 4.31 Å². The summed E-state index contributed by atoms with van der Waals surface area (Å²) in [7, 11) is -3.54. The van der Waals surface area contributed by atoms with E-state index in [1.54, 1.807) is 24.3 Å². The van der Waals surface area contributed by atoms with Crippen molar-refractivity contribution < 1.29 is 22.7 Å². The number of morpholine rings is 1. The van der Waals surface area contributed by atoms with Gasteiger partial charge in [-0.15, -0.1) is 0 Å². The van der Waals surface area contributed by atoms with Crippen LogP contribution in [0.25, 0.3) is 0 Å². The van der Waals surface area contributed by atoms with Crippen molar-refractivity contribution in [2.24, 2.45) is 5.92 Å². The van der Waals surface area contributed by atoms with E-state index in [4.69, 9.17) is 9.47 Å². The Morgan fingerprint density at radius 2 is 2.08 bits per heavy atom. The molecular formula is C18H23NO5S. The number of carbonyl (C=O) groups excluding carboxylic acids is 1. The number of hydrogen-bond donors (Lipinski definition) is 0. The molecule has 2 aliphatic rings. The number of hydrogen-bond acceptors (Lipinski definition) is 5. The second-order valence-corrected chi connectivity index (χ2v) is 8.23. The van der Waals surface area contributed by atoms with Gasteiger partial charge in [0, 0.05) is 13.1 Å². The maximum atomic E-state index is 12.7. The summed E-state index contributed by atoms with van der Waals surface area (Å²) in [6, 6.07) is 6.59. The molecule has 25 heavy (non-hydrogen) atoms. The largest absolute Gasteiger partial charge is 0.461 e. The van der Waals surface area contributed by atoms with Crippen LogP contribution in [-0.4, -0.2) is 45.0 Å². The van der Waals surface area contributed by atoms with Crippen LogP contribution in [0, 0.1) is 5.92 Å². The highest BCUT2D eigenvalue weighted by atomic mass is 32.2. The van der Waals surface area contributed by atoms with Gasteiger partial charge in [-0.1, -0.05) is 24.3 Å². The molecule has 0 radical (unpaired) electrons. The SMILES string of the molecule is O=C(C[C@H]1C=CCC1)OCc1cccc(S(=O)(=O)N2CCOCC2)c1. The van der Waals surface area contributed by atoms with Crippen molar-refractivity contribution in [3.05, 3.63) is 42.0 Å². The molecule has 1 aliphatic heterocycles. The first kappa shape index (κ1) is 18.1. The molecule has 0 spiro atoms. The average molecular weight is 365 g/mol. The van der Waals surface area contributed by atoms with Crippen molar-refractivity contribution in [1.29, 1.82) is 0 Å². The smallest absolute Gasteiger partial charge is 0.306 e. The summed E-state index contributed by atoms with van der Waals surface area (Å²) >= 11 is 0. The minimum absolute atomic E-state index is 0.0851. The molecule has 0 unspecified atom stereocenters. The highest BCUT2D eigenvalue weighted by molar-refractivity contribution is 7.89. The molecule has 1 aromatic carbocycles. The quantitative estimate of drug-likeness (QED) is 0.570. The first-order valence-corrected chi connectivity index (χ1v) is 9.99. The van der Waals surface area contributed by atoms with E-state index in [0.29, 0.717) is 38.3 Å². The van der Waals surface area contributed by atoms with Crippen LogP contribution in [0.15, 0.2) is 41.3 Å². The van der Waals surface area contributed by atoms with E-state index in [1.807, 2.05) is 0 Å². The van der Waals surface area contributed by atoms with Gasteiger partial charge in [0.05, 0.1) is 24.5 Å². The molecule has 0 amide bonds. The van der Waals surface area contributed by atoms with Crippen molar-refractivity contribution in [2.45, 2.75) is 30.8 Å². The zero-order chi connectivity index (χ0) is 17.7. The summed E-state index contributed by atoms with van der Waals surface area (Å²) in [5.74, 6) is 0.0125. The third-order valence-corrected chi connectivity index (χ3v) is 6.34. The van der Waals surface area contributed by atoms with Crippen molar-refractivity contribution in [3.8, 4) is 0 Å². The zero-order valence-electron chi connectivity index (χ0n) is 14.1. The Hall–Kier alpha value is -1.70. The molecule has 0 aromatic heterocycles. The van der Waals surface area contributed by atoms with E-state index in [9.17, 15) is 13.2 Å². The fourth-order valence-electron chi connectivity index (χ4n) is 3.03. The molecule has 1 aliphatic carbocycles. The standard InChI is InChI=1S/C18H23NO5S/c20-18(13-15-4-1-2-5-15)24-14-16-6-3-7-17(12-16)25(21,22)19-8-10-23-11-9-19/h1,3-4,6-7,12,15H,2,5,8-11,13-14H2/t15-/m0/s1. The van der Waals surface area contributed by atoms with Crippen LogP contribution in [-0.2, 0) is 30.9 Å². The summed E-state index contributed by atoms with van der Waals surface area (Å²) in [5.41, 5.74) is 0.671. The van der Waals surface area contributed by atoms with Crippen LogP contribution < -0.4 is 0 Å². The highest BCUT2D eigenvalue weighted by Crippen LogP contribution is 2.22. The number of allylic oxidation sites excluding steroid dienone is 2. The number of sulfonamides is 1. The number of carbonyl (C=O) groups is 1. The molecule has 1 aromatic rings. The van der Waals surface area contributed by atoms with Gasteiger partial charge >= 0.3 is 5.97 Å². The molecular weight excluding hydrogens is 342 g/mol. The van der Waals surface area contributed by atoms with Crippen molar-refractivity contribution in [1.82, 2.24) is 4.31 Å². The van der Waals surface area contributed by atoms with Crippen LogP contribution >= 0.6 is 0 Å². The topological polar surface area (TPSA) is 72.9 Å². The van der Waals surface area contributed by atoms with Gasteiger partial charge in [-0.05, 0) is 36.5 Å². The average Bonchev–Trinajstić information content (AvgIpc) is 3.14. The molecule has 0 bridgehead atoms. The molecule has 0 saturated carbocycles. The molecule has 7 heteroatoms. The summed E-state index contributed by atoms with van der Waals surface area (Å²) in [6.45, 7) is 1.62. The van der Waals surface area contributed by atoms with Crippen molar-refractivity contribution in [2.75, 3.05) is 26.3 Å². The first-order chi connectivity index (χ1) is 12.1. The number of ether oxygens (including phenoxy) is 2. The molecule has 0 N–H and O–H groups in total. The van der Waals surface area contributed by atoms with Gasteiger partial charge in [0.25, 0.3) is 0 Å². The van der Waals surface area contributed by atoms with Crippen LogP contribution in [0.4, 0.5) is 0 Å². The lowest BCUT2D eigenvalue weighted by molar-refractivity contribution is -0.145. The maximum absolute atomic E-state index is 12.7. The van der Waals surface area contributed by atoms with Crippen LogP contribution in [0.5, 0.6) is 0 Å². The maximum Gasteiger partial charge on any atom is 0.306 e. The van der Waals surface area contributed by atoms with E-state index >= 15 is 0 Å². The Kier molecular flexibility index (Phi) is 5.88. The van der Waals surface area contributed by atoms with Crippen LogP contribution in [0.1, 0.15) is 24.8 Å². The molecule has 136 valence electrons. The molecule has 1 saturated heterocycles. The van der Waals surface area contributed by atoms with Crippen molar-refractivity contribution in [3.63, 3.8) is 0 Å². The number of rotatable bonds is 6. The van der Waals surface area contributed by atoms with Gasteiger partial charge in [-0.25, -0.2) is 8.42 Å². The first-order valence-electron chi connectivity index (χ1n) is 8.55. The third-order valence-electron chi connectivity index (χ3n) is 4.45. The van der Waals surface area contributed by atoms with E-state index in [0.717, 1.165) is 12.8 Å². The zero-order valence-corrected chi connectivity index (χ0v) is 14.9. The lowest BCUT2D eigenvalue weighted by Gasteiger charge is -2.26. The number of esters is 1. The fraction of sp³-hybridized carbons (Fsp3) is 0.500. The minimum atomic E-state index is -3.54. The monoisotopic (exact) mass is 365 g/mol. The minimum Gasteiger partial charge on any atom is -0.461 e. The molecule has 1 atom stereocenters. The molecule has 1 heterocycles. The van der Waals surface area contributed by atoms with Crippen molar-refractivity contribution >= 4 is 16.0 Å². The van der Waals surface area contributed by atoms with Gasteiger partial charge in [0.15, 0.2) is 0 Å². The normalized spacial score (nSPS) is 21.4. The predicted molar refractivity (Wildman–Crippen MR) is 92.3 cm³/mol. The Bertz CT molecular complexity index is 738. The summed E-state index contributed by atoms with van der Waals surface area (Å²) in [5, 5.41) is 0. The molecule has 1 fully saturated rings. The Labute approximate surface area is 148 Å².